The Balaban J connectivity index is 2.11. The van der Waals surface area contributed by atoms with Gasteiger partial charge in [0.15, 0.2) is 0 Å². The second kappa shape index (κ2) is 5.24. The van der Waals surface area contributed by atoms with E-state index in [2.05, 4.69) is 15.9 Å². The van der Waals surface area contributed by atoms with Gasteiger partial charge in [-0.3, -0.25) is 4.79 Å². The number of fused-ring (bicyclic) bond motifs is 1. The fraction of sp³-hybridized carbons (Fsp3) is 0.357. The van der Waals surface area contributed by atoms with Crippen LogP contribution in [-0.2, 0) is 15.1 Å². The van der Waals surface area contributed by atoms with Crippen molar-refractivity contribution in [1.29, 1.82) is 0 Å². The van der Waals surface area contributed by atoms with Gasteiger partial charge in [0.1, 0.15) is 0 Å². The smallest absolute Gasteiger partial charge is 0.305 e. The van der Waals surface area contributed by atoms with E-state index in [4.69, 9.17) is 10.5 Å². The molecule has 96 valence electrons. The molecular formula is C14H16BrNO2. The van der Waals surface area contributed by atoms with Crippen LogP contribution >= 0.6 is 15.9 Å². The monoisotopic (exact) mass is 309 g/mol. The highest BCUT2D eigenvalue weighted by molar-refractivity contribution is 9.10. The van der Waals surface area contributed by atoms with Gasteiger partial charge >= 0.3 is 5.97 Å². The predicted molar refractivity (Wildman–Crippen MR) is 74.9 cm³/mol. The molecule has 2 N–H and O–H groups in total. The predicted octanol–water partition coefficient (Wildman–Crippen LogP) is 2.97. The number of hydrogen-bond donors (Lipinski definition) is 1. The third-order valence-corrected chi connectivity index (χ3v) is 3.62. The molecule has 0 aliphatic heterocycles. The number of benzene rings is 1. The molecule has 0 fully saturated rings. The van der Waals surface area contributed by atoms with Crippen molar-refractivity contribution in [3.8, 4) is 0 Å². The van der Waals surface area contributed by atoms with Crippen LogP contribution < -0.4 is 5.73 Å². The summed E-state index contributed by atoms with van der Waals surface area (Å²) >= 11 is 3.44. The van der Waals surface area contributed by atoms with Crippen molar-refractivity contribution in [2.24, 2.45) is 5.73 Å². The lowest BCUT2D eigenvalue weighted by Gasteiger charge is -2.23. The molecule has 0 heterocycles. The number of carbonyl (C=O) groups is 1. The molecule has 1 unspecified atom stereocenters. The van der Waals surface area contributed by atoms with Crippen LogP contribution in [0.15, 0.2) is 28.7 Å². The topological polar surface area (TPSA) is 52.3 Å². The van der Waals surface area contributed by atoms with E-state index in [0.29, 0.717) is 19.4 Å². The highest BCUT2D eigenvalue weighted by atomic mass is 79.9. The minimum absolute atomic E-state index is 0.193. The Labute approximate surface area is 115 Å². The van der Waals surface area contributed by atoms with Crippen molar-refractivity contribution in [3.63, 3.8) is 0 Å². The van der Waals surface area contributed by atoms with E-state index in [0.717, 1.165) is 15.6 Å². The fourth-order valence-corrected chi connectivity index (χ4v) is 2.56. The maximum Gasteiger partial charge on any atom is 0.305 e. The van der Waals surface area contributed by atoms with Crippen molar-refractivity contribution in [1.82, 2.24) is 0 Å². The molecule has 2 rings (SSSR count). The highest BCUT2D eigenvalue weighted by Gasteiger charge is 2.31. The Morgan fingerprint density at radius 1 is 1.50 bits per heavy atom. The van der Waals surface area contributed by atoms with Crippen LogP contribution in [-0.4, -0.2) is 12.6 Å². The van der Waals surface area contributed by atoms with Crippen LogP contribution in [0.1, 0.15) is 30.9 Å². The number of carbonyl (C=O) groups excluding carboxylic acids is 1. The minimum atomic E-state index is -0.553. The van der Waals surface area contributed by atoms with Crippen molar-refractivity contribution >= 4 is 28.0 Å². The first kappa shape index (κ1) is 13.3. The second-order valence-electron chi connectivity index (χ2n) is 4.41. The number of halogens is 1. The summed E-state index contributed by atoms with van der Waals surface area (Å²) in [6, 6.07) is 6.01. The summed E-state index contributed by atoms with van der Waals surface area (Å²) in [6.07, 6.45) is 4.87. The average molecular weight is 310 g/mol. The molecule has 1 aromatic rings. The molecule has 0 saturated heterocycles. The maximum atomic E-state index is 11.4. The van der Waals surface area contributed by atoms with E-state index in [-0.39, 0.29) is 5.97 Å². The maximum absolute atomic E-state index is 11.4. The molecule has 0 radical (unpaired) electrons. The molecule has 4 heteroatoms. The fourth-order valence-electron chi connectivity index (χ4n) is 2.18. The first-order chi connectivity index (χ1) is 8.55. The molecule has 18 heavy (non-hydrogen) atoms. The van der Waals surface area contributed by atoms with Crippen LogP contribution in [0.3, 0.4) is 0 Å². The van der Waals surface area contributed by atoms with E-state index < -0.39 is 5.54 Å². The number of hydrogen-bond acceptors (Lipinski definition) is 3. The lowest BCUT2D eigenvalue weighted by Crippen LogP contribution is -2.33. The van der Waals surface area contributed by atoms with Gasteiger partial charge in [-0.1, -0.05) is 34.1 Å². The van der Waals surface area contributed by atoms with Gasteiger partial charge in [-0.2, -0.15) is 0 Å². The SMILES string of the molecule is CCOC(=O)CCC1(N)C=Cc2cc(Br)ccc21. The van der Waals surface area contributed by atoms with Gasteiger partial charge in [0.05, 0.1) is 12.1 Å². The number of nitrogens with two attached hydrogens (primary N) is 1. The van der Waals surface area contributed by atoms with Crippen molar-refractivity contribution in [2.75, 3.05) is 6.61 Å². The third-order valence-electron chi connectivity index (χ3n) is 3.12. The Morgan fingerprint density at radius 3 is 3.00 bits per heavy atom. The van der Waals surface area contributed by atoms with Gasteiger partial charge in [-0.25, -0.2) is 0 Å². The Morgan fingerprint density at radius 2 is 2.28 bits per heavy atom. The van der Waals surface area contributed by atoms with Crippen LogP contribution in [0.25, 0.3) is 6.08 Å². The zero-order valence-electron chi connectivity index (χ0n) is 10.3. The molecule has 3 nitrogen and oxygen atoms in total. The highest BCUT2D eigenvalue weighted by Crippen LogP contribution is 2.36. The number of ether oxygens (including phenoxy) is 1. The van der Waals surface area contributed by atoms with Crippen LogP contribution in [0.4, 0.5) is 0 Å². The summed E-state index contributed by atoms with van der Waals surface area (Å²) in [4.78, 5) is 11.4. The molecule has 0 bridgehead atoms. The summed E-state index contributed by atoms with van der Waals surface area (Å²) in [7, 11) is 0. The summed E-state index contributed by atoms with van der Waals surface area (Å²) in [5, 5.41) is 0. The minimum Gasteiger partial charge on any atom is -0.466 e. The zero-order valence-corrected chi connectivity index (χ0v) is 11.9. The first-order valence-corrected chi connectivity index (χ1v) is 6.78. The van der Waals surface area contributed by atoms with E-state index in [1.807, 2.05) is 30.4 Å². The standard InChI is InChI=1S/C14H16BrNO2/c1-2-18-13(17)6-8-14(16)7-5-10-9-11(15)3-4-12(10)14/h3-5,7,9H,2,6,8,16H2,1H3. The van der Waals surface area contributed by atoms with Gasteiger partial charge in [-0.05, 0) is 36.6 Å². The van der Waals surface area contributed by atoms with E-state index in [1.54, 1.807) is 6.92 Å². The lowest BCUT2D eigenvalue weighted by atomic mass is 9.88. The molecule has 1 aliphatic rings. The van der Waals surface area contributed by atoms with Gasteiger partial charge in [-0.15, -0.1) is 0 Å². The first-order valence-electron chi connectivity index (χ1n) is 5.99. The van der Waals surface area contributed by atoms with Crippen molar-refractivity contribution in [3.05, 3.63) is 39.9 Å². The number of esters is 1. The van der Waals surface area contributed by atoms with Crippen molar-refractivity contribution < 1.29 is 9.53 Å². The molecule has 1 atom stereocenters. The van der Waals surface area contributed by atoms with Crippen LogP contribution in [0.2, 0.25) is 0 Å². The van der Waals surface area contributed by atoms with Gasteiger partial charge in [0.25, 0.3) is 0 Å². The Kier molecular flexibility index (Phi) is 3.88. The Hall–Kier alpha value is -1.13. The zero-order chi connectivity index (χ0) is 13.2. The van der Waals surface area contributed by atoms with Gasteiger partial charge in [0, 0.05) is 10.9 Å². The summed E-state index contributed by atoms with van der Waals surface area (Å²) < 4.78 is 5.96. The molecular weight excluding hydrogens is 294 g/mol. The van der Waals surface area contributed by atoms with Gasteiger partial charge < -0.3 is 10.5 Å². The summed E-state index contributed by atoms with van der Waals surface area (Å²) in [5.74, 6) is -0.193. The van der Waals surface area contributed by atoms with Crippen LogP contribution in [0, 0.1) is 0 Å². The van der Waals surface area contributed by atoms with Crippen molar-refractivity contribution in [2.45, 2.75) is 25.3 Å². The quantitative estimate of drug-likeness (QED) is 0.870. The summed E-state index contributed by atoms with van der Waals surface area (Å²) in [6.45, 7) is 2.22. The molecule has 0 aromatic heterocycles. The molecule has 0 spiro atoms. The summed E-state index contributed by atoms with van der Waals surface area (Å²) in [5.41, 5.74) is 7.97. The van der Waals surface area contributed by atoms with E-state index >= 15 is 0 Å². The largest absolute Gasteiger partial charge is 0.466 e. The molecule has 1 aromatic carbocycles. The third kappa shape index (κ3) is 2.65. The number of rotatable bonds is 4. The molecule has 1 aliphatic carbocycles. The average Bonchev–Trinajstić information content (AvgIpc) is 2.65. The normalized spacial score (nSPS) is 20.8. The lowest BCUT2D eigenvalue weighted by molar-refractivity contribution is -0.143. The molecule has 0 amide bonds. The van der Waals surface area contributed by atoms with E-state index in [1.165, 1.54) is 0 Å². The molecule has 0 saturated carbocycles. The Bertz CT molecular complexity index is 499. The van der Waals surface area contributed by atoms with Crippen LogP contribution in [0.5, 0.6) is 0 Å². The van der Waals surface area contributed by atoms with E-state index in [9.17, 15) is 4.79 Å². The van der Waals surface area contributed by atoms with Gasteiger partial charge in [0.2, 0.25) is 0 Å². The second-order valence-corrected chi connectivity index (χ2v) is 5.33.